The van der Waals surface area contributed by atoms with Crippen LogP contribution in [0.25, 0.3) is 0 Å². The van der Waals surface area contributed by atoms with E-state index in [1.54, 1.807) is 11.8 Å². The zero-order valence-electron chi connectivity index (χ0n) is 13.8. The summed E-state index contributed by atoms with van der Waals surface area (Å²) in [7, 11) is 3.43. The van der Waals surface area contributed by atoms with Gasteiger partial charge in [0.25, 0.3) is 0 Å². The van der Waals surface area contributed by atoms with Crippen molar-refractivity contribution in [2.75, 3.05) is 7.11 Å². The van der Waals surface area contributed by atoms with E-state index in [4.69, 9.17) is 4.74 Å². The highest BCUT2D eigenvalue weighted by Gasteiger charge is 2.31. The fourth-order valence-corrected chi connectivity index (χ4v) is 3.26. The minimum Gasteiger partial charge on any atom is -0.481 e. The van der Waals surface area contributed by atoms with Crippen LogP contribution in [0.3, 0.4) is 0 Å². The summed E-state index contributed by atoms with van der Waals surface area (Å²) >= 11 is 0. The molecule has 124 valence electrons. The molecule has 1 aliphatic carbocycles. The van der Waals surface area contributed by atoms with E-state index >= 15 is 0 Å². The Morgan fingerprint density at radius 2 is 2.09 bits per heavy atom. The first-order valence-corrected chi connectivity index (χ1v) is 8.07. The highest BCUT2D eigenvalue weighted by molar-refractivity contribution is 5.77. The Morgan fingerprint density at radius 3 is 2.68 bits per heavy atom. The van der Waals surface area contributed by atoms with Gasteiger partial charge >= 0.3 is 0 Å². The molecule has 0 atom stereocenters. The van der Waals surface area contributed by atoms with E-state index in [2.05, 4.69) is 10.4 Å². The summed E-state index contributed by atoms with van der Waals surface area (Å²) < 4.78 is 7.05. The number of carbonyl (C=O) groups is 1. The molecule has 22 heavy (non-hydrogen) atoms. The molecule has 1 amide bonds. The molecule has 0 aromatic carbocycles. The van der Waals surface area contributed by atoms with Gasteiger partial charge in [-0.1, -0.05) is 26.2 Å². The van der Waals surface area contributed by atoms with Gasteiger partial charge in [0.15, 0.2) is 0 Å². The molecule has 1 saturated carbocycles. The predicted octanol–water partition coefficient (Wildman–Crippen LogP) is 1.69. The van der Waals surface area contributed by atoms with Crippen LogP contribution >= 0.6 is 0 Å². The number of hydrogen-bond donors (Lipinski definition) is 2. The fraction of sp³-hybridized carbons (Fsp3) is 0.750. The highest BCUT2D eigenvalue weighted by atomic mass is 16.5. The van der Waals surface area contributed by atoms with Gasteiger partial charge in [-0.05, 0) is 19.3 Å². The molecule has 0 spiro atoms. The van der Waals surface area contributed by atoms with E-state index in [0.717, 1.165) is 49.8 Å². The summed E-state index contributed by atoms with van der Waals surface area (Å²) in [5.74, 6) is 0.561. The Balaban J connectivity index is 1.96. The van der Waals surface area contributed by atoms with Crippen molar-refractivity contribution in [3.8, 4) is 5.88 Å². The maximum atomic E-state index is 12.2. The van der Waals surface area contributed by atoms with Crippen molar-refractivity contribution in [1.29, 1.82) is 0 Å². The van der Waals surface area contributed by atoms with Gasteiger partial charge in [0.2, 0.25) is 11.8 Å². The second-order valence-electron chi connectivity index (χ2n) is 6.15. The van der Waals surface area contributed by atoms with Crippen LogP contribution in [0.15, 0.2) is 0 Å². The van der Waals surface area contributed by atoms with Crippen molar-refractivity contribution in [2.45, 2.75) is 64.0 Å². The van der Waals surface area contributed by atoms with E-state index < -0.39 is 5.60 Å². The number of rotatable bonds is 6. The Kier molecular flexibility index (Phi) is 5.45. The van der Waals surface area contributed by atoms with Crippen molar-refractivity contribution in [3.63, 3.8) is 0 Å². The maximum absolute atomic E-state index is 12.2. The van der Waals surface area contributed by atoms with Gasteiger partial charge in [0.05, 0.1) is 30.4 Å². The summed E-state index contributed by atoms with van der Waals surface area (Å²) in [6, 6.07) is 0. The van der Waals surface area contributed by atoms with Crippen molar-refractivity contribution in [2.24, 2.45) is 7.05 Å². The zero-order valence-corrected chi connectivity index (χ0v) is 13.8. The molecule has 0 aliphatic heterocycles. The molecule has 1 heterocycles. The molecule has 6 heteroatoms. The third kappa shape index (κ3) is 3.80. The lowest BCUT2D eigenvalue weighted by Gasteiger charge is -2.31. The molecule has 0 saturated heterocycles. The Bertz CT molecular complexity index is 519. The molecule has 1 aromatic heterocycles. The summed E-state index contributed by atoms with van der Waals surface area (Å²) in [6.07, 6.45) is 5.55. The van der Waals surface area contributed by atoms with E-state index in [1.807, 2.05) is 14.0 Å². The normalized spacial score (nSPS) is 17.3. The van der Waals surface area contributed by atoms with Crippen LogP contribution < -0.4 is 10.1 Å². The van der Waals surface area contributed by atoms with E-state index in [0.29, 0.717) is 12.4 Å². The summed E-state index contributed by atoms with van der Waals surface area (Å²) in [4.78, 5) is 12.2. The number of carbonyl (C=O) groups excluding carboxylic acids is 1. The van der Waals surface area contributed by atoms with E-state index in [9.17, 15) is 9.90 Å². The number of aryl methyl sites for hydroxylation is 2. The van der Waals surface area contributed by atoms with Gasteiger partial charge < -0.3 is 15.2 Å². The average Bonchev–Trinajstić information content (AvgIpc) is 2.80. The smallest absolute Gasteiger partial charge is 0.223 e. The number of nitrogens with zero attached hydrogens (tertiary/aromatic N) is 2. The first-order valence-electron chi connectivity index (χ1n) is 8.07. The molecule has 6 nitrogen and oxygen atoms in total. The molecule has 1 aliphatic rings. The molecule has 0 radical (unpaired) electrons. The maximum Gasteiger partial charge on any atom is 0.223 e. The number of methoxy groups -OCH3 is 1. The third-order valence-electron chi connectivity index (χ3n) is 4.44. The summed E-state index contributed by atoms with van der Waals surface area (Å²) in [5, 5.41) is 17.7. The first kappa shape index (κ1) is 16.8. The third-order valence-corrected chi connectivity index (χ3v) is 4.44. The standard InChI is InChI=1S/C16H27N3O3/c1-4-13-12(15(22-3)19(2)18-13)11-17-14(20)10-16(21)8-6-5-7-9-16/h21H,4-11H2,1-3H3,(H,17,20). The Morgan fingerprint density at radius 1 is 1.41 bits per heavy atom. The monoisotopic (exact) mass is 309 g/mol. The number of aliphatic hydroxyl groups is 1. The lowest BCUT2D eigenvalue weighted by molar-refractivity contribution is -0.127. The SMILES string of the molecule is CCc1nn(C)c(OC)c1CNC(=O)CC1(O)CCCCC1. The lowest BCUT2D eigenvalue weighted by atomic mass is 9.82. The second kappa shape index (κ2) is 7.13. The first-order chi connectivity index (χ1) is 10.5. The molecule has 0 unspecified atom stereocenters. The van der Waals surface area contributed by atoms with Gasteiger partial charge in [-0.15, -0.1) is 0 Å². The molecule has 1 fully saturated rings. The molecular weight excluding hydrogens is 282 g/mol. The van der Waals surface area contributed by atoms with Crippen LogP contribution in [0.5, 0.6) is 5.88 Å². The number of nitrogens with one attached hydrogen (secondary N) is 1. The number of hydrogen-bond acceptors (Lipinski definition) is 4. The molecule has 2 rings (SSSR count). The average molecular weight is 309 g/mol. The fourth-order valence-electron chi connectivity index (χ4n) is 3.26. The van der Waals surface area contributed by atoms with Gasteiger partial charge in [0.1, 0.15) is 0 Å². The van der Waals surface area contributed by atoms with E-state index in [1.165, 1.54) is 0 Å². The molecule has 1 aromatic rings. The van der Waals surface area contributed by atoms with Crippen molar-refractivity contribution in [3.05, 3.63) is 11.3 Å². The molecule has 0 bridgehead atoms. The quantitative estimate of drug-likeness (QED) is 0.838. The second-order valence-corrected chi connectivity index (χ2v) is 6.15. The van der Waals surface area contributed by atoms with Crippen molar-refractivity contribution >= 4 is 5.91 Å². The largest absolute Gasteiger partial charge is 0.481 e. The Labute approximate surface area is 131 Å². The van der Waals surface area contributed by atoms with Gasteiger partial charge in [0, 0.05) is 13.6 Å². The van der Waals surface area contributed by atoms with Crippen LogP contribution in [-0.4, -0.2) is 33.5 Å². The molecular formula is C16H27N3O3. The van der Waals surface area contributed by atoms with Crippen LogP contribution in [-0.2, 0) is 24.8 Å². The summed E-state index contributed by atoms with van der Waals surface area (Å²) in [6.45, 7) is 2.41. The minimum atomic E-state index is -0.824. The number of amides is 1. The van der Waals surface area contributed by atoms with Crippen LogP contribution in [0, 0.1) is 0 Å². The van der Waals surface area contributed by atoms with Crippen LogP contribution in [0.4, 0.5) is 0 Å². The predicted molar refractivity (Wildman–Crippen MR) is 83.6 cm³/mol. The topological polar surface area (TPSA) is 76.4 Å². The minimum absolute atomic E-state index is 0.114. The zero-order chi connectivity index (χ0) is 16.2. The van der Waals surface area contributed by atoms with Crippen molar-refractivity contribution < 1.29 is 14.6 Å². The number of aromatic nitrogens is 2. The lowest BCUT2D eigenvalue weighted by Crippen LogP contribution is -2.38. The van der Waals surface area contributed by atoms with Gasteiger partial charge in [-0.2, -0.15) is 5.10 Å². The molecule has 2 N–H and O–H groups in total. The summed E-state index contributed by atoms with van der Waals surface area (Å²) in [5.41, 5.74) is 1.02. The Hall–Kier alpha value is -1.56. The highest BCUT2D eigenvalue weighted by Crippen LogP contribution is 2.30. The van der Waals surface area contributed by atoms with Gasteiger partial charge in [-0.3, -0.25) is 4.79 Å². The number of ether oxygens (including phenoxy) is 1. The van der Waals surface area contributed by atoms with E-state index in [-0.39, 0.29) is 12.3 Å². The van der Waals surface area contributed by atoms with Crippen LogP contribution in [0.1, 0.15) is 56.7 Å². The van der Waals surface area contributed by atoms with Gasteiger partial charge in [-0.25, -0.2) is 4.68 Å². The van der Waals surface area contributed by atoms with Crippen molar-refractivity contribution in [1.82, 2.24) is 15.1 Å². The van der Waals surface area contributed by atoms with Crippen LogP contribution in [0.2, 0.25) is 0 Å².